The van der Waals surface area contributed by atoms with Gasteiger partial charge in [0.05, 0.1) is 30.2 Å². The smallest absolute Gasteiger partial charge is 0.337 e. The van der Waals surface area contributed by atoms with Crippen LogP contribution in [0, 0.1) is 13.8 Å². The molecule has 1 heterocycles. The van der Waals surface area contributed by atoms with Crippen molar-refractivity contribution in [3.05, 3.63) is 71.0 Å². The number of methoxy groups -OCH3 is 2. The highest BCUT2D eigenvalue weighted by Gasteiger charge is 2.19. The van der Waals surface area contributed by atoms with Crippen LogP contribution in [-0.2, 0) is 24.3 Å². The van der Waals surface area contributed by atoms with Crippen molar-refractivity contribution in [2.24, 2.45) is 4.40 Å². The molecule has 0 aliphatic rings. The molecule has 3 aromatic rings. The molecule has 0 aliphatic carbocycles. The maximum absolute atomic E-state index is 13.2. The van der Waals surface area contributed by atoms with Gasteiger partial charge in [-0.25, -0.2) is 19.6 Å². The molecule has 13 nitrogen and oxygen atoms in total. The van der Waals surface area contributed by atoms with Gasteiger partial charge in [0.1, 0.15) is 0 Å². The quantitative estimate of drug-likeness (QED) is 0.222. The van der Waals surface area contributed by atoms with Crippen LogP contribution < -0.4 is 16.0 Å². The second-order valence-corrected chi connectivity index (χ2v) is 9.73. The number of ether oxygens (including phenoxy) is 2. The number of sulfonamides is 1. The van der Waals surface area contributed by atoms with E-state index in [0.717, 1.165) is 0 Å². The third-order valence-electron chi connectivity index (χ3n) is 4.93. The fourth-order valence-corrected chi connectivity index (χ4v) is 4.28. The molecule has 3 N–H and O–H groups in total. The zero-order chi connectivity index (χ0) is 28.7. The SMILES string of the molecule is COC(=O)c1cc(N/C(=N\S(=O)(=O)c2ccc(NC(C)=O)cc2)Nc2nc(C)cc(C)n2)cc(C(=O)OC)c1. The van der Waals surface area contributed by atoms with Crippen LogP contribution >= 0.6 is 0 Å². The van der Waals surface area contributed by atoms with Gasteiger partial charge in [-0.15, -0.1) is 4.40 Å². The molecule has 0 radical (unpaired) electrons. The molecule has 0 fully saturated rings. The Balaban J connectivity index is 2.09. The molecule has 0 saturated carbocycles. The summed E-state index contributed by atoms with van der Waals surface area (Å²) < 4.78 is 39.8. The van der Waals surface area contributed by atoms with Crippen LogP contribution in [0.5, 0.6) is 0 Å². The summed E-state index contributed by atoms with van der Waals surface area (Å²) in [6, 6.07) is 11.1. The van der Waals surface area contributed by atoms with E-state index in [1.54, 1.807) is 19.9 Å². The minimum atomic E-state index is -4.32. The van der Waals surface area contributed by atoms with E-state index < -0.39 is 22.0 Å². The lowest BCUT2D eigenvalue weighted by Gasteiger charge is -2.14. The Morgan fingerprint density at radius 1 is 0.769 bits per heavy atom. The number of anilines is 3. The third-order valence-corrected chi connectivity index (χ3v) is 6.23. The Kier molecular flexibility index (Phi) is 8.93. The molecule has 204 valence electrons. The van der Waals surface area contributed by atoms with E-state index in [2.05, 4.69) is 30.3 Å². The van der Waals surface area contributed by atoms with Gasteiger partial charge in [0.15, 0.2) is 0 Å². The number of amides is 1. The van der Waals surface area contributed by atoms with Crippen LogP contribution in [0.4, 0.5) is 17.3 Å². The summed E-state index contributed by atoms with van der Waals surface area (Å²) in [5, 5.41) is 8.07. The van der Waals surface area contributed by atoms with Crippen molar-refractivity contribution >= 4 is 51.2 Å². The standard InChI is InChI=1S/C25H26N6O7S/c1-14-10-15(2)27-24(26-14)30-25(31-39(35,36)21-8-6-19(7-9-21)28-16(3)32)29-20-12-17(22(33)37-4)11-18(13-20)23(34)38-5/h6-13H,1-5H3,(H,28,32)(H2,26,27,29,30,31). The summed E-state index contributed by atoms with van der Waals surface area (Å²) >= 11 is 0. The van der Waals surface area contributed by atoms with E-state index in [0.29, 0.717) is 17.1 Å². The van der Waals surface area contributed by atoms with Gasteiger partial charge < -0.3 is 20.1 Å². The number of benzene rings is 2. The first-order chi connectivity index (χ1) is 18.4. The molecular weight excluding hydrogens is 528 g/mol. The first-order valence-corrected chi connectivity index (χ1v) is 12.7. The summed E-state index contributed by atoms with van der Waals surface area (Å²) in [5.41, 5.74) is 1.75. The van der Waals surface area contributed by atoms with E-state index in [1.807, 2.05) is 0 Å². The molecular formula is C25H26N6O7S. The Labute approximate surface area is 224 Å². The number of carbonyl (C=O) groups excluding carboxylic acids is 3. The van der Waals surface area contributed by atoms with Crippen molar-refractivity contribution < 1.29 is 32.3 Å². The lowest BCUT2D eigenvalue weighted by molar-refractivity contribution is -0.114. The van der Waals surface area contributed by atoms with Crippen LogP contribution in [-0.4, -0.2) is 56.4 Å². The Hall–Kier alpha value is -4.85. The lowest BCUT2D eigenvalue weighted by Crippen LogP contribution is -2.25. The molecule has 39 heavy (non-hydrogen) atoms. The summed E-state index contributed by atoms with van der Waals surface area (Å²) in [6.07, 6.45) is 0. The summed E-state index contributed by atoms with van der Waals surface area (Å²) in [5.74, 6) is -2.07. The first-order valence-electron chi connectivity index (χ1n) is 11.3. The number of hydrogen-bond acceptors (Lipinski definition) is 9. The van der Waals surface area contributed by atoms with Crippen LogP contribution in [0.1, 0.15) is 39.0 Å². The molecule has 0 spiro atoms. The van der Waals surface area contributed by atoms with Gasteiger partial charge in [-0.2, -0.15) is 8.42 Å². The molecule has 1 aromatic heterocycles. The van der Waals surface area contributed by atoms with Crippen LogP contribution in [0.15, 0.2) is 57.8 Å². The number of nitrogens with one attached hydrogen (secondary N) is 3. The molecule has 2 aromatic carbocycles. The van der Waals surface area contributed by atoms with Crippen LogP contribution in [0.3, 0.4) is 0 Å². The number of aryl methyl sites for hydroxylation is 2. The fourth-order valence-electron chi connectivity index (χ4n) is 3.36. The Morgan fingerprint density at radius 2 is 1.31 bits per heavy atom. The van der Waals surface area contributed by atoms with Gasteiger partial charge in [0.2, 0.25) is 17.8 Å². The Bertz CT molecular complexity index is 1500. The van der Waals surface area contributed by atoms with Crippen molar-refractivity contribution in [1.29, 1.82) is 0 Å². The maximum Gasteiger partial charge on any atom is 0.337 e. The predicted octanol–water partition coefficient (Wildman–Crippen LogP) is 2.89. The average molecular weight is 555 g/mol. The highest BCUT2D eigenvalue weighted by Crippen LogP contribution is 2.20. The third kappa shape index (κ3) is 7.82. The van der Waals surface area contributed by atoms with Gasteiger partial charge in [-0.1, -0.05) is 0 Å². The maximum atomic E-state index is 13.2. The van der Waals surface area contributed by atoms with E-state index in [-0.39, 0.29) is 39.5 Å². The second kappa shape index (κ2) is 12.1. The fraction of sp³-hybridized carbons (Fsp3) is 0.200. The molecule has 3 rings (SSSR count). The molecule has 0 saturated heterocycles. The number of aromatic nitrogens is 2. The van der Waals surface area contributed by atoms with Gasteiger partial charge in [0.25, 0.3) is 10.0 Å². The number of esters is 2. The molecule has 0 atom stereocenters. The van der Waals surface area contributed by atoms with Crippen molar-refractivity contribution in [3.8, 4) is 0 Å². The van der Waals surface area contributed by atoms with Crippen LogP contribution in [0.25, 0.3) is 0 Å². The predicted molar refractivity (Wildman–Crippen MR) is 143 cm³/mol. The number of guanidine groups is 1. The van der Waals surface area contributed by atoms with Crippen molar-refractivity contribution in [3.63, 3.8) is 0 Å². The van der Waals surface area contributed by atoms with Gasteiger partial charge in [-0.05, 0) is 62.4 Å². The zero-order valence-corrected chi connectivity index (χ0v) is 22.5. The number of nitrogens with zero attached hydrogens (tertiary/aromatic N) is 3. The average Bonchev–Trinajstić information content (AvgIpc) is 2.86. The molecule has 0 bridgehead atoms. The topological polar surface area (TPSA) is 178 Å². The largest absolute Gasteiger partial charge is 0.465 e. The normalized spacial score (nSPS) is 11.4. The number of carbonyl (C=O) groups is 3. The van der Waals surface area contributed by atoms with Crippen molar-refractivity contribution in [1.82, 2.24) is 9.97 Å². The zero-order valence-electron chi connectivity index (χ0n) is 21.7. The molecule has 14 heteroatoms. The second-order valence-electron chi connectivity index (χ2n) is 8.13. The Morgan fingerprint density at radius 3 is 1.79 bits per heavy atom. The lowest BCUT2D eigenvalue weighted by atomic mass is 10.1. The highest BCUT2D eigenvalue weighted by atomic mass is 32.2. The van der Waals surface area contributed by atoms with E-state index in [4.69, 9.17) is 9.47 Å². The monoisotopic (exact) mass is 554 g/mol. The van der Waals surface area contributed by atoms with Gasteiger partial charge >= 0.3 is 11.9 Å². The van der Waals surface area contributed by atoms with Crippen LogP contribution in [0.2, 0.25) is 0 Å². The highest BCUT2D eigenvalue weighted by molar-refractivity contribution is 7.90. The van der Waals surface area contributed by atoms with Crippen molar-refractivity contribution in [2.45, 2.75) is 25.7 Å². The van der Waals surface area contributed by atoms with Gasteiger partial charge in [-0.3, -0.25) is 10.1 Å². The molecule has 0 unspecified atom stereocenters. The van der Waals surface area contributed by atoms with Crippen molar-refractivity contribution in [2.75, 3.05) is 30.2 Å². The first kappa shape index (κ1) is 28.7. The van der Waals surface area contributed by atoms with E-state index >= 15 is 0 Å². The molecule has 0 aliphatic heterocycles. The van der Waals surface area contributed by atoms with E-state index in [1.165, 1.54) is 63.6 Å². The summed E-state index contributed by atoms with van der Waals surface area (Å²) in [4.78, 5) is 44.0. The number of hydrogen-bond donors (Lipinski definition) is 3. The number of rotatable bonds is 7. The minimum Gasteiger partial charge on any atom is -0.465 e. The summed E-state index contributed by atoms with van der Waals surface area (Å²) in [6.45, 7) is 4.80. The minimum absolute atomic E-state index is 0.00122. The van der Waals surface area contributed by atoms with Gasteiger partial charge in [0, 0.05) is 29.7 Å². The van der Waals surface area contributed by atoms with E-state index in [9.17, 15) is 22.8 Å². The summed E-state index contributed by atoms with van der Waals surface area (Å²) in [7, 11) is -1.96. The molecule has 1 amide bonds.